The van der Waals surface area contributed by atoms with Crippen LogP contribution in [0.3, 0.4) is 0 Å². The Morgan fingerprint density at radius 3 is 2.93 bits per heavy atom. The van der Waals surface area contributed by atoms with Crippen LogP contribution in [0, 0.1) is 5.82 Å². The minimum atomic E-state index is -0.221. The Hall–Kier alpha value is -0.380. The highest BCUT2D eigenvalue weighted by atomic mass is 79.9. The molecule has 0 aliphatic heterocycles. The van der Waals surface area contributed by atoms with Crippen LogP contribution in [-0.4, -0.2) is 6.54 Å². The van der Waals surface area contributed by atoms with E-state index in [2.05, 4.69) is 27.8 Å². The lowest BCUT2D eigenvalue weighted by Gasteiger charge is -2.05. The molecule has 0 bridgehead atoms. The molecule has 0 aromatic heterocycles. The van der Waals surface area contributed by atoms with Gasteiger partial charge in [-0.05, 0) is 18.2 Å². The van der Waals surface area contributed by atoms with Crippen LogP contribution in [0.25, 0.3) is 0 Å². The Balaban J connectivity index is 2.57. The molecular formula is C10H10BrClFN. The van der Waals surface area contributed by atoms with Crippen LogP contribution in [0.2, 0.25) is 0 Å². The van der Waals surface area contributed by atoms with E-state index < -0.39 is 0 Å². The summed E-state index contributed by atoms with van der Waals surface area (Å²) in [6, 6.07) is 4.83. The van der Waals surface area contributed by atoms with E-state index in [1.807, 2.05) is 0 Å². The minimum absolute atomic E-state index is 0.221. The minimum Gasteiger partial charge on any atom is -0.308 e. The summed E-state index contributed by atoms with van der Waals surface area (Å²) in [5.74, 6) is -0.221. The van der Waals surface area contributed by atoms with Crippen molar-refractivity contribution in [1.82, 2.24) is 5.32 Å². The van der Waals surface area contributed by atoms with Gasteiger partial charge in [0, 0.05) is 28.2 Å². The van der Waals surface area contributed by atoms with Crippen molar-refractivity contribution in [2.45, 2.75) is 6.54 Å². The molecular weight excluding hydrogens is 268 g/mol. The summed E-state index contributed by atoms with van der Waals surface area (Å²) >= 11 is 8.83. The highest BCUT2D eigenvalue weighted by Crippen LogP contribution is 2.15. The highest BCUT2D eigenvalue weighted by Gasteiger charge is 2.01. The van der Waals surface area contributed by atoms with Gasteiger partial charge in [0.15, 0.2) is 0 Å². The first-order valence-corrected chi connectivity index (χ1v) is 5.24. The van der Waals surface area contributed by atoms with Crippen LogP contribution in [0.1, 0.15) is 5.56 Å². The highest BCUT2D eigenvalue weighted by molar-refractivity contribution is 9.10. The zero-order chi connectivity index (χ0) is 10.6. The van der Waals surface area contributed by atoms with E-state index in [0.717, 1.165) is 4.47 Å². The molecule has 0 unspecified atom stereocenters. The normalized spacial score (nSPS) is 10.2. The Labute approximate surface area is 96.1 Å². The molecule has 0 amide bonds. The monoisotopic (exact) mass is 277 g/mol. The molecule has 4 heteroatoms. The summed E-state index contributed by atoms with van der Waals surface area (Å²) in [5, 5.41) is 3.49. The van der Waals surface area contributed by atoms with Crippen molar-refractivity contribution in [3.63, 3.8) is 0 Å². The van der Waals surface area contributed by atoms with Gasteiger partial charge in [-0.2, -0.15) is 0 Å². The summed E-state index contributed by atoms with van der Waals surface area (Å²) in [7, 11) is 0. The average molecular weight is 279 g/mol. The maximum atomic E-state index is 13.2. The summed E-state index contributed by atoms with van der Waals surface area (Å²) < 4.78 is 14.0. The van der Waals surface area contributed by atoms with E-state index >= 15 is 0 Å². The topological polar surface area (TPSA) is 12.0 Å². The average Bonchev–Trinajstić information content (AvgIpc) is 2.10. The second-order valence-electron chi connectivity index (χ2n) is 2.86. The number of halogens is 3. The lowest BCUT2D eigenvalue weighted by Crippen LogP contribution is -2.15. The molecule has 76 valence electrons. The lowest BCUT2D eigenvalue weighted by atomic mass is 10.2. The van der Waals surface area contributed by atoms with Crippen LogP contribution in [-0.2, 0) is 6.54 Å². The molecule has 0 fully saturated rings. The van der Waals surface area contributed by atoms with Crippen molar-refractivity contribution in [1.29, 1.82) is 0 Å². The van der Waals surface area contributed by atoms with Crippen LogP contribution in [0.15, 0.2) is 34.3 Å². The van der Waals surface area contributed by atoms with Crippen molar-refractivity contribution >= 4 is 27.5 Å². The molecule has 0 atom stereocenters. The zero-order valence-electron chi connectivity index (χ0n) is 7.49. The van der Waals surface area contributed by atoms with Gasteiger partial charge in [-0.15, -0.1) is 0 Å². The Bertz CT molecular complexity index is 341. The van der Waals surface area contributed by atoms with Gasteiger partial charge in [-0.25, -0.2) is 4.39 Å². The first-order valence-electron chi connectivity index (χ1n) is 4.07. The van der Waals surface area contributed by atoms with E-state index in [1.54, 1.807) is 12.1 Å². The Morgan fingerprint density at radius 2 is 2.29 bits per heavy atom. The number of rotatable bonds is 4. The molecule has 0 aliphatic rings. The van der Waals surface area contributed by atoms with Gasteiger partial charge in [0.25, 0.3) is 0 Å². The quantitative estimate of drug-likeness (QED) is 0.890. The number of hydrogen-bond donors (Lipinski definition) is 1. The first-order chi connectivity index (χ1) is 6.59. The van der Waals surface area contributed by atoms with Crippen LogP contribution in [0.5, 0.6) is 0 Å². The van der Waals surface area contributed by atoms with Gasteiger partial charge in [-0.1, -0.05) is 34.1 Å². The maximum absolute atomic E-state index is 13.2. The third-order valence-corrected chi connectivity index (χ3v) is 2.27. The van der Waals surface area contributed by atoms with Crippen LogP contribution >= 0.6 is 27.5 Å². The fraction of sp³-hybridized carbons (Fsp3) is 0.200. The maximum Gasteiger partial charge on any atom is 0.127 e. The van der Waals surface area contributed by atoms with Gasteiger partial charge in [0.2, 0.25) is 0 Å². The number of nitrogens with one attached hydrogen (secondary N) is 1. The second kappa shape index (κ2) is 5.49. The van der Waals surface area contributed by atoms with Crippen LogP contribution in [0.4, 0.5) is 4.39 Å². The summed E-state index contributed by atoms with van der Waals surface area (Å²) in [6.07, 6.45) is 0. The predicted octanol–water partition coefficient (Wildman–Crippen LogP) is 3.43. The molecule has 0 spiro atoms. The number of benzene rings is 1. The standard InChI is InChI=1S/C10H10BrClFN/c1-7(12)5-14-6-8-4-9(11)2-3-10(8)13/h2-4,14H,1,5-6H2. The molecule has 0 saturated heterocycles. The fourth-order valence-corrected chi connectivity index (χ4v) is 1.51. The molecule has 0 radical (unpaired) electrons. The Morgan fingerprint density at radius 1 is 1.57 bits per heavy atom. The number of hydrogen-bond acceptors (Lipinski definition) is 1. The van der Waals surface area contributed by atoms with Crippen molar-refractivity contribution in [3.05, 3.63) is 45.7 Å². The van der Waals surface area contributed by atoms with Gasteiger partial charge in [-0.3, -0.25) is 0 Å². The van der Waals surface area contributed by atoms with Crippen molar-refractivity contribution in [2.75, 3.05) is 6.54 Å². The molecule has 14 heavy (non-hydrogen) atoms. The van der Waals surface area contributed by atoms with E-state index in [1.165, 1.54) is 6.07 Å². The first kappa shape index (κ1) is 11.7. The van der Waals surface area contributed by atoms with E-state index in [-0.39, 0.29) is 5.82 Å². The molecule has 0 heterocycles. The smallest absolute Gasteiger partial charge is 0.127 e. The molecule has 1 aromatic rings. The lowest BCUT2D eigenvalue weighted by molar-refractivity contribution is 0.596. The van der Waals surface area contributed by atoms with Gasteiger partial charge < -0.3 is 5.32 Å². The van der Waals surface area contributed by atoms with Crippen molar-refractivity contribution in [2.24, 2.45) is 0 Å². The van der Waals surface area contributed by atoms with Gasteiger partial charge in [0.05, 0.1) is 0 Å². The molecule has 0 saturated carbocycles. The molecule has 0 aliphatic carbocycles. The predicted molar refractivity (Wildman–Crippen MR) is 60.8 cm³/mol. The molecule has 1 N–H and O–H groups in total. The SMILES string of the molecule is C=C(Cl)CNCc1cc(Br)ccc1F. The van der Waals surface area contributed by atoms with E-state index in [0.29, 0.717) is 23.7 Å². The van der Waals surface area contributed by atoms with Gasteiger partial charge in [0.1, 0.15) is 5.82 Å². The van der Waals surface area contributed by atoms with E-state index in [4.69, 9.17) is 11.6 Å². The fourth-order valence-electron chi connectivity index (χ4n) is 1.01. The zero-order valence-corrected chi connectivity index (χ0v) is 9.83. The molecule has 1 aromatic carbocycles. The third-order valence-electron chi connectivity index (χ3n) is 1.64. The second-order valence-corrected chi connectivity index (χ2v) is 4.31. The largest absolute Gasteiger partial charge is 0.308 e. The van der Waals surface area contributed by atoms with Crippen molar-refractivity contribution < 1.29 is 4.39 Å². The van der Waals surface area contributed by atoms with E-state index in [9.17, 15) is 4.39 Å². The third kappa shape index (κ3) is 3.78. The van der Waals surface area contributed by atoms with Crippen molar-refractivity contribution in [3.8, 4) is 0 Å². The summed E-state index contributed by atoms with van der Waals surface area (Å²) in [4.78, 5) is 0. The summed E-state index contributed by atoms with van der Waals surface area (Å²) in [6.45, 7) is 4.45. The Kier molecular flexibility index (Phi) is 4.58. The van der Waals surface area contributed by atoms with Crippen LogP contribution < -0.4 is 5.32 Å². The van der Waals surface area contributed by atoms with Gasteiger partial charge >= 0.3 is 0 Å². The molecule has 1 nitrogen and oxygen atoms in total. The summed E-state index contributed by atoms with van der Waals surface area (Å²) in [5.41, 5.74) is 0.609. The molecule has 1 rings (SSSR count).